The van der Waals surface area contributed by atoms with Crippen LogP contribution in [0.25, 0.3) is 5.69 Å². The van der Waals surface area contributed by atoms with Crippen molar-refractivity contribution in [2.75, 3.05) is 7.11 Å². The summed E-state index contributed by atoms with van der Waals surface area (Å²) in [7, 11) is 3.43. The number of nitrogens with one attached hydrogen (secondary N) is 1. The van der Waals surface area contributed by atoms with Gasteiger partial charge in [-0.2, -0.15) is 10.2 Å². The third-order valence-electron chi connectivity index (χ3n) is 5.36. The molecule has 7 heteroatoms. The maximum atomic E-state index is 12.7. The predicted octanol–water partition coefficient (Wildman–Crippen LogP) is 3.06. The molecule has 0 aliphatic heterocycles. The van der Waals surface area contributed by atoms with Gasteiger partial charge in [-0.1, -0.05) is 13.8 Å². The topological polar surface area (TPSA) is 74.0 Å². The van der Waals surface area contributed by atoms with E-state index >= 15 is 0 Å². The minimum atomic E-state index is -0.120. The van der Waals surface area contributed by atoms with Gasteiger partial charge in [0, 0.05) is 18.8 Å². The highest BCUT2D eigenvalue weighted by Crippen LogP contribution is 2.41. The van der Waals surface area contributed by atoms with Crippen molar-refractivity contribution in [3.05, 3.63) is 59.7 Å². The molecule has 1 aliphatic rings. The summed E-state index contributed by atoms with van der Waals surface area (Å²) in [5.74, 6) is 0.692. The lowest BCUT2D eigenvalue weighted by Gasteiger charge is -2.36. The fraction of sp³-hybridized carbons (Fsp3) is 0.381. The fourth-order valence-corrected chi connectivity index (χ4v) is 3.95. The van der Waals surface area contributed by atoms with Crippen LogP contribution in [0.1, 0.15) is 48.1 Å². The van der Waals surface area contributed by atoms with Crippen LogP contribution in [-0.2, 0) is 13.5 Å². The number of hydrogen-bond donors (Lipinski definition) is 1. The summed E-state index contributed by atoms with van der Waals surface area (Å²) in [6, 6.07) is 9.49. The van der Waals surface area contributed by atoms with Crippen molar-refractivity contribution in [3.63, 3.8) is 0 Å². The number of carbonyl (C=O) groups is 1. The molecule has 0 fully saturated rings. The van der Waals surface area contributed by atoms with E-state index in [9.17, 15) is 4.79 Å². The van der Waals surface area contributed by atoms with Gasteiger partial charge in [-0.15, -0.1) is 0 Å². The Kier molecular flexibility index (Phi) is 4.45. The van der Waals surface area contributed by atoms with Gasteiger partial charge in [0.05, 0.1) is 30.7 Å². The number of rotatable bonds is 4. The van der Waals surface area contributed by atoms with Gasteiger partial charge in [-0.3, -0.25) is 9.48 Å². The van der Waals surface area contributed by atoms with E-state index in [1.165, 1.54) is 0 Å². The molecule has 2 aromatic heterocycles. The molecule has 2 heterocycles. The van der Waals surface area contributed by atoms with Crippen LogP contribution in [0, 0.1) is 5.41 Å². The standard InChI is InChI=1S/C21H25N5O2/c1-21(2)11-17(24-20(27)18-9-10-22-25(18)3)16-13-23-26(19(16)12-21)14-5-7-15(28-4)8-6-14/h5-10,13,17H,11-12H2,1-4H3,(H,24,27)/t17-/m1/s1. The minimum absolute atomic E-state index is 0.0433. The van der Waals surface area contributed by atoms with Gasteiger partial charge in [-0.05, 0) is 48.6 Å². The number of aromatic nitrogens is 4. The lowest BCUT2D eigenvalue weighted by molar-refractivity contribution is 0.0909. The van der Waals surface area contributed by atoms with Gasteiger partial charge in [0.2, 0.25) is 0 Å². The second-order valence-corrected chi connectivity index (χ2v) is 8.07. The van der Waals surface area contributed by atoms with Crippen LogP contribution in [-0.4, -0.2) is 32.6 Å². The summed E-state index contributed by atoms with van der Waals surface area (Å²) < 4.78 is 8.81. The first-order valence-corrected chi connectivity index (χ1v) is 9.38. The Morgan fingerprint density at radius 2 is 1.96 bits per heavy atom. The Morgan fingerprint density at radius 3 is 2.61 bits per heavy atom. The van der Waals surface area contributed by atoms with Crippen molar-refractivity contribution in [1.82, 2.24) is 24.9 Å². The highest BCUT2D eigenvalue weighted by molar-refractivity contribution is 5.92. The molecule has 0 unspecified atom stereocenters. The van der Waals surface area contributed by atoms with Crippen molar-refractivity contribution in [1.29, 1.82) is 0 Å². The van der Waals surface area contributed by atoms with Crippen LogP contribution >= 0.6 is 0 Å². The SMILES string of the molecule is COc1ccc(-n2ncc3c2CC(C)(C)C[C@H]3NC(=O)c2ccnn2C)cc1. The van der Waals surface area contributed by atoms with Crippen molar-refractivity contribution >= 4 is 5.91 Å². The van der Waals surface area contributed by atoms with Crippen molar-refractivity contribution < 1.29 is 9.53 Å². The number of carbonyl (C=O) groups excluding carboxylic acids is 1. The molecule has 0 radical (unpaired) electrons. The molecule has 0 bridgehead atoms. The molecule has 0 saturated carbocycles. The first kappa shape index (κ1) is 18.3. The summed E-state index contributed by atoms with van der Waals surface area (Å²) >= 11 is 0. The number of benzene rings is 1. The maximum Gasteiger partial charge on any atom is 0.270 e. The van der Waals surface area contributed by atoms with Gasteiger partial charge in [0.25, 0.3) is 5.91 Å². The van der Waals surface area contributed by atoms with E-state index in [1.807, 2.05) is 35.1 Å². The molecule has 1 aliphatic carbocycles. The van der Waals surface area contributed by atoms with Crippen molar-refractivity contribution in [3.8, 4) is 11.4 Å². The van der Waals surface area contributed by atoms with Gasteiger partial charge < -0.3 is 10.1 Å². The Bertz CT molecular complexity index is 1000. The lowest BCUT2D eigenvalue weighted by atomic mass is 9.74. The number of amides is 1. The molecule has 1 aromatic carbocycles. The normalized spacial score (nSPS) is 17.8. The highest BCUT2D eigenvalue weighted by Gasteiger charge is 2.36. The van der Waals surface area contributed by atoms with Gasteiger partial charge in [0.15, 0.2) is 0 Å². The number of methoxy groups -OCH3 is 1. The lowest BCUT2D eigenvalue weighted by Crippen LogP contribution is -2.37. The number of nitrogens with zero attached hydrogens (tertiary/aromatic N) is 4. The first-order valence-electron chi connectivity index (χ1n) is 9.38. The molecular formula is C21H25N5O2. The van der Waals surface area contributed by atoms with E-state index < -0.39 is 0 Å². The maximum absolute atomic E-state index is 12.7. The summed E-state index contributed by atoms with van der Waals surface area (Å²) in [6.07, 6.45) is 5.26. The zero-order valence-corrected chi connectivity index (χ0v) is 16.6. The number of aryl methyl sites for hydroxylation is 1. The molecular weight excluding hydrogens is 354 g/mol. The molecule has 1 atom stereocenters. The predicted molar refractivity (Wildman–Crippen MR) is 106 cm³/mol. The summed E-state index contributed by atoms with van der Waals surface area (Å²) in [5.41, 5.74) is 3.79. The average Bonchev–Trinajstić information content (AvgIpc) is 3.27. The van der Waals surface area contributed by atoms with Crippen LogP contribution in [0.15, 0.2) is 42.7 Å². The highest BCUT2D eigenvalue weighted by atomic mass is 16.5. The molecule has 7 nitrogen and oxygen atoms in total. The molecule has 0 saturated heterocycles. The second kappa shape index (κ2) is 6.82. The number of hydrogen-bond acceptors (Lipinski definition) is 4. The van der Waals surface area contributed by atoms with Gasteiger partial charge in [0.1, 0.15) is 11.4 Å². The number of ether oxygens (including phenoxy) is 1. The zero-order valence-electron chi connectivity index (χ0n) is 16.6. The summed E-state index contributed by atoms with van der Waals surface area (Å²) in [5, 5.41) is 11.9. The summed E-state index contributed by atoms with van der Waals surface area (Å²) in [6.45, 7) is 4.45. The average molecular weight is 379 g/mol. The van der Waals surface area contributed by atoms with E-state index in [4.69, 9.17) is 4.74 Å². The van der Waals surface area contributed by atoms with Crippen LogP contribution in [0.5, 0.6) is 5.75 Å². The fourth-order valence-electron chi connectivity index (χ4n) is 3.95. The van der Waals surface area contributed by atoms with E-state index in [1.54, 1.807) is 31.1 Å². The third kappa shape index (κ3) is 3.28. The Labute approximate surface area is 164 Å². The Hall–Kier alpha value is -3.09. The number of fused-ring (bicyclic) bond motifs is 1. The Balaban J connectivity index is 1.67. The first-order chi connectivity index (χ1) is 13.4. The Morgan fingerprint density at radius 1 is 1.21 bits per heavy atom. The van der Waals surface area contributed by atoms with Gasteiger partial charge >= 0.3 is 0 Å². The van der Waals surface area contributed by atoms with Crippen LogP contribution in [0.3, 0.4) is 0 Å². The van der Waals surface area contributed by atoms with E-state index in [2.05, 4.69) is 29.4 Å². The van der Waals surface area contributed by atoms with E-state index in [-0.39, 0.29) is 17.4 Å². The smallest absolute Gasteiger partial charge is 0.270 e. The molecule has 146 valence electrons. The molecule has 3 aromatic rings. The van der Waals surface area contributed by atoms with Gasteiger partial charge in [-0.25, -0.2) is 4.68 Å². The van der Waals surface area contributed by atoms with Crippen molar-refractivity contribution in [2.45, 2.75) is 32.7 Å². The van der Waals surface area contributed by atoms with Crippen LogP contribution < -0.4 is 10.1 Å². The molecule has 1 N–H and O–H groups in total. The monoisotopic (exact) mass is 379 g/mol. The molecule has 28 heavy (non-hydrogen) atoms. The quantitative estimate of drug-likeness (QED) is 0.756. The minimum Gasteiger partial charge on any atom is -0.497 e. The zero-order chi connectivity index (χ0) is 19.9. The van der Waals surface area contributed by atoms with E-state index in [0.29, 0.717) is 5.69 Å². The van der Waals surface area contributed by atoms with Crippen molar-refractivity contribution in [2.24, 2.45) is 12.5 Å². The molecule has 0 spiro atoms. The molecule has 4 rings (SSSR count). The second-order valence-electron chi connectivity index (χ2n) is 8.07. The molecule has 1 amide bonds. The summed E-state index contributed by atoms with van der Waals surface area (Å²) in [4.78, 5) is 12.7. The van der Waals surface area contributed by atoms with Crippen LogP contribution in [0.4, 0.5) is 0 Å². The third-order valence-corrected chi connectivity index (χ3v) is 5.36. The largest absolute Gasteiger partial charge is 0.497 e. The van der Waals surface area contributed by atoms with Crippen LogP contribution in [0.2, 0.25) is 0 Å². The van der Waals surface area contributed by atoms with E-state index in [0.717, 1.165) is 35.5 Å².